The fourth-order valence-corrected chi connectivity index (χ4v) is 2.46. The average Bonchev–Trinajstić information content (AvgIpc) is 2.56. The lowest BCUT2D eigenvalue weighted by Crippen LogP contribution is -2.45. The van der Waals surface area contributed by atoms with Crippen LogP contribution in [0.4, 0.5) is 4.79 Å². The summed E-state index contributed by atoms with van der Waals surface area (Å²) in [6.45, 7) is 3.70. The molecule has 1 aromatic carbocycles. The molecule has 6 heteroatoms. The first-order chi connectivity index (χ1) is 10.7. The lowest BCUT2D eigenvalue weighted by atomic mass is 9.97. The zero-order valence-corrected chi connectivity index (χ0v) is 12.9. The quantitative estimate of drug-likeness (QED) is 0.719. The molecule has 120 valence electrons. The number of piperidine rings is 1. The van der Waals surface area contributed by atoms with Gasteiger partial charge < -0.3 is 15.4 Å². The molecular formula is C16H23N3O3. The molecule has 22 heavy (non-hydrogen) atoms. The summed E-state index contributed by atoms with van der Waals surface area (Å²) in [7, 11) is 0. The number of para-hydroxylation sites is 1. The number of imide groups is 1. The number of rotatable bonds is 5. The van der Waals surface area contributed by atoms with Gasteiger partial charge in [-0.1, -0.05) is 25.1 Å². The van der Waals surface area contributed by atoms with Crippen molar-refractivity contribution in [1.82, 2.24) is 16.0 Å². The first-order valence-corrected chi connectivity index (χ1v) is 7.70. The van der Waals surface area contributed by atoms with Crippen LogP contribution < -0.4 is 20.7 Å². The zero-order chi connectivity index (χ0) is 15.8. The number of urea groups is 1. The number of aryl methyl sites for hydroxylation is 1. The van der Waals surface area contributed by atoms with Crippen LogP contribution in [0.5, 0.6) is 5.75 Å². The van der Waals surface area contributed by atoms with Gasteiger partial charge in [-0.05, 0) is 44.0 Å². The molecule has 0 aromatic heterocycles. The Kier molecular flexibility index (Phi) is 6.21. The van der Waals surface area contributed by atoms with Crippen molar-refractivity contribution in [2.24, 2.45) is 5.92 Å². The Bertz CT molecular complexity index is 513. The Labute approximate surface area is 130 Å². The molecule has 3 amide bonds. The fourth-order valence-electron chi connectivity index (χ4n) is 2.46. The normalized spacial score (nSPS) is 15.1. The summed E-state index contributed by atoms with van der Waals surface area (Å²) in [6, 6.07) is 7.16. The van der Waals surface area contributed by atoms with Crippen molar-refractivity contribution in [1.29, 1.82) is 0 Å². The van der Waals surface area contributed by atoms with Crippen molar-refractivity contribution in [2.45, 2.75) is 26.2 Å². The smallest absolute Gasteiger partial charge is 0.324 e. The van der Waals surface area contributed by atoms with E-state index in [0.717, 1.165) is 43.7 Å². The van der Waals surface area contributed by atoms with Crippen molar-refractivity contribution in [2.75, 3.05) is 19.8 Å². The number of amides is 3. The number of carbonyl (C=O) groups excluding carboxylic acids is 2. The van der Waals surface area contributed by atoms with E-state index in [1.165, 1.54) is 0 Å². The Balaban J connectivity index is 1.72. The van der Waals surface area contributed by atoms with Gasteiger partial charge in [0.2, 0.25) is 5.91 Å². The van der Waals surface area contributed by atoms with Crippen LogP contribution in [0.3, 0.4) is 0 Å². The van der Waals surface area contributed by atoms with E-state index >= 15 is 0 Å². The minimum absolute atomic E-state index is 0.0301. The molecule has 1 heterocycles. The molecule has 0 saturated carbocycles. The number of carbonyl (C=O) groups is 2. The lowest BCUT2D eigenvalue weighted by Gasteiger charge is -2.21. The highest BCUT2D eigenvalue weighted by Gasteiger charge is 2.22. The molecule has 0 aliphatic carbocycles. The van der Waals surface area contributed by atoms with Crippen LogP contribution in [0.15, 0.2) is 24.3 Å². The number of hydrogen-bond acceptors (Lipinski definition) is 4. The van der Waals surface area contributed by atoms with Gasteiger partial charge >= 0.3 is 6.03 Å². The van der Waals surface area contributed by atoms with E-state index in [-0.39, 0.29) is 18.6 Å². The van der Waals surface area contributed by atoms with Crippen molar-refractivity contribution >= 4 is 11.9 Å². The summed E-state index contributed by atoms with van der Waals surface area (Å²) < 4.78 is 5.53. The standard InChI is InChI=1S/C16H23N3O3/c1-2-12-5-3-4-6-14(12)22-11-18-16(21)19-15(20)13-7-9-17-10-8-13/h3-6,13,17H,2,7-11H2,1H3,(H2,18,19,20,21). The van der Waals surface area contributed by atoms with Crippen LogP contribution in [0.25, 0.3) is 0 Å². The minimum Gasteiger partial charge on any atom is -0.473 e. The van der Waals surface area contributed by atoms with E-state index in [4.69, 9.17) is 4.74 Å². The largest absolute Gasteiger partial charge is 0.473 e. The molecule has 0 spiro atoms. The number of ether oxygens (including phenoxy) is 1. The van der Waals surface area contributed by atoms with Crippen molar-refractivity contribution in [3.05, 3.63) is 29.8 Å². The Morgan fingerprint density at radius 3 is 2.73 bits per heavy atom. The van der Waals surface area contributed by atoms with Crippen LogP contribution in [0.2, 0.25) is 0 Å². The monoisotopic (exact) mass is 305 g/mol. The summed E-state index contributed by atoms with van der Waals surface area (Å²) in [5.41, 5.74) is 1.08. The molecule has 1 aliphatic rings. The first-order valence-electron chi connectivity index (χ1n) is 7.70. The minimum atomic E-state index is -0.516. The molecule has 1 aliphatic heterocycles. The maximum atomic E-state index is 11.9. The van der Waals surface area contributed by atoms with E-state index in [1.54, 1.807) is 0 Å². The second kappa shape index (κ2) is 8.38. The molecule has 6 nitrogen and oxygen atoms in total. The number of benzene rings is 1. The molecule has 0 atom stereocenters. The van der Waals surface area contributed by atoms with Crippen LogP contribution in [0.1, 0.15) is 25.3 Å². The second-order valence-corrected chi connectivity index (χ2v) is 5.27. The SMILES string of the molecule is CCc1ccccc1OCNC(=O)NC(=O)C1CCNCC1. The molecule has 0 unspecified atom stereocenters. The highest BCUT2D eigenvalue weighted by atomic mass is 16.5. The molecular weight excluding hydrogens is 282 g/mol. The fraction of sp³-hybridized carbons (Fsp3) is 0.500. The molecule has 3 N–H and O–H groups in total. The van der Waals surface area contributed by atoms with Crippen molar-refractivity contribution < 1.29 is 14.3 Å². The van der Waals surface area contributed by atoms with Crippen molar-refractivity contribution in [3.8, 4) is 5.75 Å². The van der Waals surface area contributed by atoms with Gasteiger partial charge in [0.15, 0.2) is 6.73 Å². The van der Waals surface area contributed by atoms with Crippen molar-refractivity contribution in [3.63, 3.8) is 0 Å². The van der Waals surface area contributed by atoms with Crippen LogP contribution in [-0.4, -0.2) is 31.8 Å². The van der Waals surface area contributed by atoms with E-state index in [9.17, 15) is 9.59 Å². The van der Waals surface area contributed by atoms with Gasteiger partial charge in [-0.2, -0.15) is 0 Å². The highest BCUT2D eigenvalue weighted by molar-refractivity contribution is 5.95. The summed E-state index contributed by atoms with van der Waals surface area (Å²) in [4.78, 5) is 23.6. The van der Waals surface area contributed by atoms with Crippen LogP contribution in [-0.2, 0) is 11.2 Å². The molecule has 0 bridgehead atoms. The third kappa shape index (κ3) is 4.73. The van der Waals surface area contributed by atoms with E-state index in [0.29, 0.717) is 0 Å². The Morgan fingerprint density at radius 2 is 2.00 bits per heavy atom. The molecule has 0 radical (unpaired) electrons. The van der Waals surface area contributed by atoms with Gasteiger partial charge in [0, 0.05) is 5.92 Å². The van der Waals surface area contributed by atoms with Gasteiger partial charge in [-0.3, -0.25) is 10.1 Å². The molecule has 1 aromatic rings. The molecule has 2 rings (SSSR count). The van der Waals surface area contributed by atoms with Gasteiger partial charge in [-0.25, -0.2) is 4.79 Å². The Morgan fingerprint density at radius 1 is 1.27 bits per heavy atom. The predicted molar refractivity (Wildman–Crippen MR) is 83.6 cm³/mol. The maximum Gasteiger partial charge on any atom is 0.324 e. The van der Waals surface area contributed by atoms with E-state index in [2.05, 4.69) is 16.0 Å². The molecule has 1 fully saturated rings. The first kappa shape index (κ1) is 16.3. The maximum absolute atomic E-state index is 11.9. The zero-order valence-electron chi connectivity index (χ0n) is 12.9. The topological polar surface area (TPSA) is 79.5 Å². The third-order valence-corrected chi connectivity index (χ3v) is 3.76. The van der Waals surface area contributed by atoms with Crippen LogP contribution in [0, 0.1) is 5.92 Å². The van der Waals surface area contributed by atoms with Gasteiger partial charge in [0.25, 0.3) is 0 Å². The highest BCUT2D eigenvalue weighted by Crippen LogP contribution is 2.17. The summed E-state index contributed by atoms with van der Waals surface area (Å²) in [5.74, 6) is 0.441. The van der Waals surface area contributed by atoms with E-state index in [1.807, 2.05) is 31.2 Å². The number of hydrogen-bond donors (Lipinski definition) is 3. The van der Waals surface area contributed by atoms with E-state index < -0.39 is 6.03 Å². The predicted octanol–water partition coefficient (Wildman–Crippen LogP) is 1.41. The number of nitrogens with one attached hydrogen (secondary N) is 3. The van der Waals surface area contributed by atoms with Crippen LogP contribution >= 0.6 is 0 Å². The lowest BCUT2D eigenvalue weighted by molar-refractivity contribution is -0.124. The summed E-state index contributed by atoms with van der Waals surface area (Å²) in [5, 5.41) is 8.10. The third-order valence-electron chi connectivity index (χ3n) is 3.76. The average molecular weight is 305 g/mol. The second-order valence-electron chi connectivity index (χ2n) is 5.27. The van der Waals surface area contributed by atoms with Gasteiger partial charge in [0.1, 0.15) is 5.75 Å². The van der Waals surface area contributed by atoms with Gasteiger partial charge in [0.05, 0.1) is 0 Å². The summed E-state index contributed by atoms with van der Waals surface area (Å²) in [6.07, 6.45) is 2.38. The van der Waals surface area contributed by atoms with Gasteiger partial charge in [-0.15, -0.1) is 0 Å². The molecule has 1 saturated heterocycles. The summed E-state index contributed by atoms with van der Waals surface area (Å²) >= 11 is 0. The Hall–Kier alpha value is -2.08.